The van der Waals surface area contributed by atoms with Crippen molar-refractivity contribution in [3.8, 4) is 0 Å². The molecule has 140 valence electrons. The van der Waals surface area contributed by atoms with E-state index in [1.54, 1.807) is 0 Å². The van der Waals surface area contributed by atoms with Gasteiger partial charge >= 0.3 is 0 Å². The lowest BCUT2D eigenvalue weighted by Gasteiger charge is -2.15. The maximum atomic E-state index is 12.4. The van der Waals surface area contributed by atoms with Gasteiger partial charge in [0.15, 0.2) is 0 Å². The summed E-state index contributed by atoms with van der Waals surface area (Å²) in [5.41, 5.74) is 8.43. The molecule has 0 unspecified atom stereocenters. The Kier molecular flexibility index (Phi) is 8.06. The van der Waals surface area contributed by atoms with Crippen molar-refractivity contribution in [2.45, 2.75) is 38.3 Å². The van der Waals surface area contributed by atoms with Crippen LogP contribution in [0.5, 0.6) is 0 Å². The molecule has 0 spiro atoms. The van der Waals surface area contributed by atoms with Crippen molar-refractivity contribution in [2.75, 3.05) is 11.9 Å². The van der Waals surface area contributed by atoms with Gasteiger partial charge in [0.25, 0.3) is 5.91 Å². The Hall–Kier alpha value is -1.92. The standard InChI is InChI=1S/C20H24N2O3.ClH/c21-12-17-10-11-19(25-17)20(23)22-18-9-5-4-8-16(18)14-24-13-15-6-2-1-3-7-15;/h1-9,17,19H,10-14,21H2,(H,22,23);1H/t17-,19+;/m1./s1. The smallest absolute Gasteiger partial charge is 0.253 e. The summed E-state index contributed by atoms with van der Waals surface area (Å²) in [6, 6.07) is 17.7. The van der Waals surface area contributed by atoms with E-state index in [1.807, 2.05) is 54.6 Å². The molecule has 1 aliphatic rings. The fourth-order valence-corrected chi connectivity index (χ4v) is 2.91. The van der Waals surface area contributed by atoms with Crippen molar-refractivity contribution < 1.29 is 14.3 Å². The van der Waals surface area contributed by atoms with Crippen LogP contribution in [0.15, 0.2) is 54.6 Å². The van der Waals surface area contributed by atoms with Gasteiger partial charge < -0.3 is 20.5 Å². The molecule has 0 bridgehead atoms. The maximum Gasteiger partial charge on any atom is 0.253 e. The predicted molar refractivity (Wildman–Crippen MR) is 104 cm³/mol. The minimum absolute atomic E-state index is 0. The second-order valence-electron chi connectivity index (χ2n) is 6.18. The molecular weight excluding hydrogens is 352 g/mol. The van der Waals surface area contributed by atoms with Crippen LogP contribution in [-0.2, 0) is 27.5 Å². The quantitative estimate of drug-likeness (QED) is 0.777. The van der Waals surface area contributed by atoms with E-state index in [4.69, 9.17) is 15.2 Å². The molecule has 1 amide bonds. The van der Waals surface area contributed by atoms with E-state index in [9.17, 15) is 4.79 Å². The number of rotatable bonds is 7. The van der Waals surface area contributed by atoms with Gasteiger partial charge in [-0.3, -0.25) is 4.79 Å². The summed E-state index contributed by atoms with van der Waals surface area (Å²) in [6.45, 7) is 1.42. The second-order valence-corrected chi connectivity index (χ2v) is 6.18. The minimum atomic E-state index is -0.424. The largest absolute Gasteiger partial charge is 0.372 e. The highest BCUT2D eigenvalue weighted by Crippen LogP contribution is 2.22. The third kappa shape index (κ3) is 5.54. The minimum Gasteiger partial charge on any atom is -0.372 e. The molecule has 3 N–H and O–H groups in total. The summed E-state index contributed by atoms with van der Waals surface area (Å²) in [5.74, 6) is -0.119. The molecule has 0 aromatic heterocycles. The van der Waals surface area contributed by atoms with E-state index in [1.165, 1.54) is 0 Å². The SMILES string of the molecule is Cl.NC[C@H]1CC[C@@H](C(=O)Nc2ccccc2COCc2ccccc2)O1. The van der Waals surface area contributed by atoms with Crippen LogP contribution in [-0.4, -0.2) is 24.7 Å². The first kappa shape index (κ1) is 20.4. The molecule has 26 heavy (non-hydrogen) atoms. The lowest BCUT2D eigenvalue weighted by atomic mass is 10.1. The van der Waals surface area contributed by atoms with Gasteiger partial charge in [0.2, 0.25) is 0 Å². The predicted octanol–water partition coefficient (Wildman–Crippen LogP) is 3.27. The van der Waals surface area contributed by atoms with Crippen LogP contribution in [0.3, 0.4) is 0 Å². The number of hydrogen-bond acceptors (Lipinski definition) is 4. The van der Waals surface area contributed by atoms with Crippen LogP contribution < -0.4 is 11.1 Å². The van der Waals surface area contributed by atoms with Gasteiger partial charge in [-0.1, -0.05) is 48.5 Å². The molecule has 1 heterocycles. The lowest BCUT2D eigenvalue weighted by Crippen LogP contribution is -2.30. The van der Waals surface area contributed by atoms with Gasteiger partial charge in [-0.2, -0.15) is 0 Å². The first-order valence-electron chi connectivity index (χ1n) is 8.62. The zero-order valence-electron chi connectivity index (χ0n) is 14.6. The lowest BCUT2D eigenvalue weighted by molar-refractivity contribution is -0.126. The molecule has 2 aromatic carbocycles. The van der Waals surface area contributed by atoms with Crippen LogP contribution in [0.1, 0.15) is 24.0 Å². The monoisotopic (exact) mass is 376 g/mol. The number of halogens is 1. The molecule has 0 saturated carbocycles. The number of para-hydroxylation sites is 1. The van der Waals surface area contributed by atoms with Crippen LogP contribution >= 0.6 is 12.4 Å². The molecule has 2 atom stereocenters. The van der Waals surface area contributed by atoms with Gasteiger partial charge in [0.05, 0.1) is 19.3 Å². The summed E-state index contributed by atoms with van der Waals surface area (Å²) in [6.07, 6.45) is 1.10. The summed E-state index contributed by atoms with van der Waals surface area (Å²) in [5, 5.41) is 2.96. The average molecular weight is 377 g/mol. The van der Waals surface area contributed by atoms with Crippen molar-refractivity contribution in [3.63, 3.8) is 0 Å². The molecule has 2 aromatic rings. The van der Waals surface area contributed by atoms with Gasteiger partial charge in [0.1, 0.15) is 6.10 Å². The number of hydrogen-bond donors (Lipinski definition) is 2. The maximum absolute atomic E-state index is 12.4. The topological polar surface area (TPSA) is 73.6 Å². The van der Waals surface area contributed by atoms with Crippen molar-refractivity contribution in [2.24, 2.45) is 5.73 Å². The first-order valence-corrected chi connectivity index (χ1v) is 8.62. The zero-order chi connectivity index (χ0) is 17.5. The zero-order valence-corrected chi connectivity index (χ0v) is 15.4. The number of nitrogens with one attached hydrogen (secondary N) is 1. The molecule has 3 rings (SSSR count). The number of amides is 1. The number of nitrogens with two attached hydrogens (primary N) is 1. The van der Waals surface area contributed by atoms with E-state index in [-0.39, 0.29) is 24.4 Å². The van der Waals surface area contributed by atoms with E-state index < -0.39 is 6.10 Å². The Balaban J connectivity index is 0.00000243. The molecule has 0 aliphatic carbocycles. The highest BCUT2D eigenvalue weighted by molar-refractivity contribution is 5.95. The summed E-state index contributed by atoms with van der Waals surface area (Å²) < 4.78 is 11.4. The Morgan fingerprint density at radius 3 is 2.54 bits per heavy atom. The van der Waals surface area contributed by atoms with Crippen LogP contribution in [0.4, 0.5) is 5.69 Å². The Morgan fingerprint density at radius 2 is 1.81 bits per heavy atom. The number of ether oxygens (including phenoxy) is 2. The third-order valence-corrected chi connectivity index (χ3v) is 4.31. The van der Waals surface area contributed by atoms with E-state index >= 15 is 0 Å². The fourth-order valence-electron chi connectivity index (χ4n) is 2.91. The van der Waals surface area contributed by atoms with Gasteiger partial charge in [0, 0.05) is 17.8 Å². The third-order valence-electron chi connectivity index (χ3n) is 4.31. The number of anilines is 1. The Morgan fingerprint density at radius 1 is 1.08 bits per heavy atom. The first-order chi connectivity index (χ1) is 12.3. The van der Waals surface area contributed by atoms with Crippen LogP contribution in [0.2, 0.25) is 0 Å². The van der Waals surface area contributed by atoms with E-state index in [0.29, 0.717) is 26.2 Å². The van der Waals surface area contributed by atoms with Crippen LogP contribution in [0, 0.1) is 0 Å². The summed E-state index contributed by atoms with van der Waals surface area (Å²) in [7, 11) is 0. The number of benzene rings is 2. The Labute approximate surface area is 160 Å². The fraction of sp³-hybridized carbons (Fsp3) is 0.350. The average Bonchev–Trinajstić information content (AvgIpc) is 3.13. The molecule has 1 aliphatic heterocycles. The Bertz CT molecular complexity index is 696. The van der Waals surface area contributed by atoms with E-state index in [0.717, 1.165) is 23.2 Å². The molecular formula is C20H25ClN2O3. The van der Waals surface area contributed by atoms with Crippen molar-refractivity contribution in [1.82, 2.24) is 0 Å². The number of carbonyl (C=O) groups excluding carboxylic acids is 1. The summed E-state index contributed by atoms with van der Waals surface area (Å²) >= 11 is 0. The van der Waals surface area contributed by atoms with E-state index in [2.05, 4.69) is 5.32 Å². The van der Waals surface area contributed by atoms with Gasteiger partial charge in [-0.15, -0.1) is 12.4 Å². The number of carbonyl (C=O) groups is 1. The highest BCUT2D eigenvalue weighted by Gasteiger charge is 2.30. The van der Waals surface area contributed by atoms with Crippen molar-refractivity contribution >= 4 is 24.0 Å². The van der Waals surface area contributed by atoms with Crippen molar-refractivity contribution in [3.05, 3.63) is 65.7 Å². The molecule has 1 saturated heterocycles. The van der Waals surface area contributed by atoms with Crippen molar-refractivity contribution in [1.29, 1.82) is 0 Å². The highest BCUT2D eigenvalue weighted by atomic mass is 35.5. The normalized spacial score (nSPS) is 19.0. The molecule has 1 fully saturated rings. The van der Waals surface area contributed by atoms with Gasteiger partial charge in [-0.05, 0) is 24.5 Å². The summed E-state index contributed by atoms with van der Waals surface area (Å²) in [4.78, 5) is 12.4. The van der Waals surface area contributed by atoms with Crippen LogP contribution in [0.25, 0.3) is 0 Å². The van der Waals surface area contributed by atoms with Gasteiger partial charge in [-0.25, -0.2) is 0 Å². The second kappa shape index (κ2) is 10.3. The molecule has 6 heteroatoms. The molecule has 0 radical (unpaired) electrons. The molecule has 5 nitrogen and oxygen atoms in total.